The zero-order valence-electron chi connectivity index (χ0n) is 10.1. The van der Waals surface area contributed by atoms with Crippen LogP contribution in [0.3, 0.4) is 0 Å². The van der Waals surface area contributed by atoms with E-state index in [-0.39, 0.29) is 23.8 Å². The molecule has 0 radical (unpaired) electrons. The number of fused-ring (bicyclic) bond motifs is 5. The van der Waals surface area contributed by atoms with E-state index in [4.69, 9.17) is 0 Å². The standard InChI is InChI=1S/C13H12N4O2/c18-12(11-14-13(19)16-15-11)17-9-5-6-10(17)8-4-2-1-3-7(8)9/h1-4,9-10H,5-6H2,(H2,14,15,16,19). The molecule has 1 aromatic carbocycles. The molecule has 0 spiro atoms. The van der Waals surface area contributed by atoms with Crippen LogP contribution in [0.15, 0.2) is 29.1 Å². The first-order valence-corrected chi connectivity index (χ1v) is 6.32. The quantitative estimate of drug-likeness (QED) is 0.802. The maximum Gasteiger partial charge on any atom is 0.341 e. The van der Waals surface area contributed by atoms with Gasteiger partial charge in [-0.15, -0.1) is 5.10 Å². The van der Waals surface area contributed by atoms with Gasteiger partial charge in [0.15, 0.2) is 0 Å². The summed E-state index contributed by atoms with van der Waals surface area (Å²) in [6.45, 7) is 0. The highest BCUT2D eigenvalue weighted by molar-refractivity contribution is 5.91. The second-order valence-corrected chi connectivity index (χ2v) is 4.98. The molecule has 2 bridgehead atoms. The van der Waals surface area contributed by atoms with E-state index in [1.165, 1.54) is 11.1 Å². The average Bonchev–Trinajstić information content (AvgIpc) is 3.11. The largest absolute Gasteiger partial charge is 0.341 e. The van der Waals surface area contributed by atoms with E-state index in [0.717, 1.165) is 12.8 Å². The zero-order valence-corrected chi connectivity index (χ0v) is 10.1. The number of rotatable bonds is 1. The highest BCUT2D eigenvalue weighted by Crippen LogP contribution is 2.53. The van der Waals surface area contributed by atoms with Crippen LogP contribution in [-0.2, 0) is 0 Å². The first-order chi connectivity index (χ1) is 9.25. The second-order valence-electron chi connectivity index (χ2n) is 4.98. The fraction of sp³-hybridized carbons (Fsp3) is 0.308. The summed E-state index contributed by atoms with van der Waals surface area (Å²) in [5.41, 5.74) is 2.00. The number of hydrogen-bond donors (Lipinski definition) is 2. The molecule has 0 saturated carbocycles. The normalized spacial score (nSPS) is 23.7. The van der Waals surface area contributed by atoms with Gasteiger partial charge in [0.1, 0.15) is 0 Å². The Morgan fingerprint density at radius 1 is 1.21 bits per heavy atom. The fourth-order valence-electron chi connectivity index (χ4n) is 3.32. The first-order valence-electron chi connectivity index (χ1n) is 6.32. The lowest BCUT2D eigenvalue weighted by Crippen LogP contribution is -2.29. The first kappa shape index (κ1) is 10.5. The molecule has 19 heavy (non-hydrogen) atoms. The predicted molar refractivity (Wildman–Crippen MR) is 66.5 cm³/mol. The van der Waals surface area contributed by atoms with Crippen molar-refractivity contribution < 1.29 is 4.79 Å². The number of aromatic nitrogens is 3. The second kappa shape index (κ2) is 3.57. The number of aromatic amines is 2. The monoisotopic (exact) mass is 256 g/mol. The highest BCUT2D eigenvalue weighted by atomic mass is 16.2. The van der Waals surface area contributed by atoms with E-state index < -0.39 is 5.69 Å². The van der Waals surface area contributed by atoms with Crippen molar-refractivity contribution in [2.45, 2.75) is 24.9 Å². The SMILES string of the molecule is O=C(c1n[nH]c(=O)[nH]1)N1C2CCC1c1ccccc12. The van der Waals surface area contributed by atoms with Gasteiger partial charge in [0.2, 0.25) is 5.82 Å². The predicted octanol–water partition coefficient (Wildman–Crippen LogP) is 1.13. The molecular formula is C13H12N4O2. The molecular weight excluding hydrogens is 244 g/mol. The van der Waals surface area contributed by atoms with Crippen LogP contribution in [0.25, 0.3) is 0 Å². The molecule has 2 N–H and O–H groups in total. The van der Waals surface area contributed by atoms with E-state index >= 15 is 0 Å². The summed E-state index contributed by atoms with van der Waals surface area (Å²) in [5, 5.41) is 5.97. The van der Waals surface area contributed by atoms with E-state index in [1.54, 1.807) is 0 Å². The maximum atomic E-state index is 12.5. The Hall–Kier alpha value is -2.37. The molecule has 1 amide bonds. The van der Waals surface area contributed by atoms with Gasteiger partial charge in [-0.1, -0.05) is 24.3 Å². The van der Waals surface area contributed by atoms with E-state index in [0.29, 0.717) is 0 Å². The molecule has 1 aromatic heterocycles. The number of hydrogen-bond acceptors (Lipinski definition) is 3. The van der Waals surface area contributed by atoms with E-state index in [1.807, 2.05) is 17.0 Å². The van der Waals surface area contributed by atoms with Crippen LogP contribution in [0.1, 0.15) is 46.7 Å². The number of amides is 1. The van der Waals surface area contributed by atoms with Crippen molar-refractivity contribution in [2.75, 3.05) is 0 Å². The number of nitrogens with zero attached hydrogens (tertiary/aromatic N) is 2. The summed E-state index contributed by atoms with van der Waals surface area (Å²) in [7, 11) is 0. The van der Waals surface area contributed by atoms with Crippen molar-refractivity contribution in [1.82, 2.24) is 20.1 Å². The Morgan fingerprint density at radius 2 is 1.84 bits per heavy atom. The molecule has 2 unspecified atom stereocenters. The lowest BCUT2D eigenvalue weighted by atomic mass is 9.92. The molecule has 2 aliphatic heterocycles. The minimum absolute atomic E-state index is 0.0923. The third-order valence-electron chi connectivity index (χ3n) is 4.04. The van der Waals surface area contributed by atoms with E-state index in [9.17, 15) is 9.59 Å². The van der Waals surface area contributed by atoms with Crippen molar-refractivity contribution >= 4 is 5.91 Å². The minimum Gasteiger partial charge on any atom is -0.322 e. The van der Waals surface area contributed by atoms with Gasteiger partial charge >= 0.3 is 5.69 Å². The third-order valence-corrected chi connectivity index (χ3v) is 4.04. The molecule has 2 aliphatic rings. The van der Waals surface area contributed by atoms with Crippen molar-refractivity contribution in [2.24, 2.45) is 0 Å². The van der Waals surface area contributed by atoms with Crippen molar-refractivity contribution in [1.29, 1.82) is 0 Å². The molecule has 0 aliphatic carbocycles. The minimum atomic E-state index is -0.451. The lowest BCUT2D eigenvalue weighted by Gasteiger charge is -2.20. The smallest absolute Gasteiger partial charge is 0.322 e. The van der Waals surface area contributed by atoms with Crippen LogP contribution < -0.4 is 5.69 Å². The lowest BCUT2D eigenvalue weighted by molar-refractivity contribution is 0.0684. The van der Waals surface area contributed by atoms with Crippen LogP contribution >= 0.6 is 0 Å². The van der Waals surface area contributed by atoms with Crippen molar-refractivity contribution in [3.05, 3.63) is 51.7 Å². The number of H-pyrrole nitrogens is 2. The van der Waals surface area contributed by atoms with Gasteiger partial charge in [0.25, 0.3) is 5.91 Å². The summed E-state index contributed by atoms with van der Waals surface area (Å²) in [5.74, 6) is -0.114. The Bertz CT molecular complexity index is 686. The van der Waals surface area contributed by atoms with Crippen molar-refractivity contribution in [3.63, 3.8) is 0 Å². The third kappa shape index (κ3) is 1.34. The molecule has 1 saturated heterocycles. The number of carbonyl (C=O) groups is 1. The summed E-state index contributed by atoms with van der Waals surface area (Å²) >= 11 is 0. The zero-order chi connectivity index (χ0) is 13.0. The Kier molecular flexibility index (Phi) is 1.98. The van der Waals surface area contributed by atoms with Gasteiger partial charge < -0.3 is 4.90 Å². The molecule has 6 heteroatoms. The van der Waals surface area contributed by atoms with Crippen LogP contribution in [-0.4, -0.2) is 26.0 Å². The Balaban J connectivity index is 1.76. The number of nitrogens with one attached hydrogen (secondary N) is 2. The number of carbonyl (C=O) groups excluding carboxylic acids is 1. The average molecular weight is 256 g/mol. The molecule has 3 heterocycles. The van der Waals surface area contributed by atoms with Crippen molar-refractivity contribution in [3.8, 4) is 0 Å². The van der Waals surface area contributed by atoms with E-state index in [2.05, 4.69) is 27.3 Å². The van der Waals surface area contributed by atoms with Gasteiger partial charge in [-0.25, -0.2) is 9.89 Å². The molecule has 2 atom stereocenters. The highest BCUT2D eigenvalue weighted by Gasteiger charge is 2.46. The van der Waals surface area contributed by atoms with Gasteiger partial charge in [0, 0.05) is 0 Å². The molecule has 4 rings (SSSR count). The molecule has 1 fully saturated rings. The summed E-state index contributed by atoms with van der Waals surface area (Å²) in [6, 6.07) is 8.39. The van der Waals surface area contributed by atoms with Gasteiger partial charge in [-0.05, 0) is 24.0 Å². The Labute approximate surface area is 108 Å². The van der Waals surface area contributed by atoms with Gasteiger partial charge in [-0.3, -0.25) is 9.78 Å². The summed E-state index contributed by atoms with van der Waals surface area (Å²) < 4.78 is 0. The summed E-state index contributed by atoms with van der Waals surface area (Å²) in [4.78, 5) is 27.8. The van der Waals surface area contributed by atoms with Crippen LogP contribution in [0, 0.1) is 0 Å². The molecule has 2 aromatic rings. The van der Waals surface area contributed by atoms with Gasteiger partial charge in [0.05, 0.1) is 12.1 Å². The number of benzene rings is 1. The maximum absolute atomic E-state index is 12.5. The molecule has 96 valence electrons. The van der Waals surface area contributed by atoms with Crippen LogP contribution in [0.4, 0.5) is 0 Å². The Morgan fingerprint density at radius 3 is 2.37 bits per heavy atom. The van der Waals surface area contributed by atoms with Gasteiger partial charge in [-0.2, -0.15) is 0 Å². The topological polar surface area (TPSA) is 81.8 Å². The fourth-order valence-corrected chi connectivity index (χ4v) is 3.32. The van der Waals surface area contributed by atoms with Crippen LogP contribution in [0.2, 0.25) is 0 Å². The summed E-state index contributed by atoms with van der Waals surface area (Å²) in [6.07, 6.45) is 1.95. The molecule has 6 nitrogen and oxygen atoms in total. The van der Waals surface area contributed by atoms with Crippen LogP contribution in [0.5, 0.6) is 0 Å².